The Morgan fingerprint density at radius 3 is 2.73 bits per heavy atom. The van der Waals surface area contributed by atoms with Crippen LogP contribution in [0.3, 0.4) is 0 Å². The molecule has 1 aromatic rings. The van der Waals surface area contributed by atoms with Gasteiger partial charge in [0.15, 0.2) is 5.78 Å². The van der Waals surface area contributed by atoms with E-state index in [9.17, 15) is 4.79 Å². The number of carbonyl (C=O) groups is 1. The Kier molecular flexibility index (Phi) is 2.85. The third-order valence-corrected chi connectivity index (χ3v) is 3.00. The third-order valence-electron chi connectivity index (χ3n) is 3.00. The van der Waals surface area contributed by atoms with Crippen LogP contribution in [0.4, 0.5) is 0 Å². The van der Waals surface area contributed by atoms with E-state index >= 15 is 0 Å². The average Bonchev–Trinajstić information content (AvgIpc) is 2.97. The molecule has 2 nitrogen and oxygen atoms in total. The molecule has 0 aliphatic heterocycles. The van der Waals surface area contributed by atoms with E-state index in [0.29, 0.717) is 6.42 Å². The maximum absolute atomic E-state index is 11.9. The largest absolute Gasteiger partial charge is 0.294 e. The van der Waals surface area contributed by atoms with Crippen LogP contribution in [0.1, 0.15) is 47.4 Å². The summed E-state index contributed by atoms with van der Waals surface area (Å²) in [4.78, 5) is 16.2. The van der Waals surface area contributed by atoms with Gasteiger partial charge in [-0.15, -0.1) is 0 Å². The third kappa shape index (κ3) is 2.65. The van der Waals surface area contributed by atoms with Gasteiger partial charge in [0.25, 0.3) is 0 Å². The molecule has 1 aliphatic rings. The van der Waals surface area contributed by atoms with E-state index in [0.717, 1.165) is 29.3 Å². The number of pyridine rings is 1. The smallest absolute Gasteiger partial charge is 0.164 e. The minimum atomic E-state index is 0.256. The normalized spacial score (nSPS) is 15.3. The van der Waals surface area contributed by atoms with Crippen molar-refractivity contribution in [2.75, 3.05) is 0 Å². The van der Waals surface area contributed by atoms with Crippen molar-refractivity contribution >= 4 is 5.78 Å². The van der Waals surface area contributed by atoms with Crippen LogP contribution in [-0.2, 0) is 0 Å². The summed E-state index contributed by atoms with van der Waals surface area (Å²) in [5.41, 5.74) is 2.66. The number of carbonyl (C=O) groups excluding carboxylic acids is 1. The maximum Gasteiger partial charge on any atom is 0.164 e. The standard InChI is InChI=1S/C13H17NO/c1-9-3-7-12(10(2)14-9)13(15)8-6-11-4-5-11/h3,7,11H,4-6,8H2,1-2H3. The molecule has 0 spiro atoms. The quantitative estimate of drug-likeness (QED) is 0.704. The Morgan fingerprint density at radius 1 is 1.40 bits per heavy atom. The highest BCUT2D eigenvalue weighted by molar-refractivity contribution is 5.97. The molecule has 1 aromatic heterocycles. The van der Waals surface area contributed by atoms with Gasteiger partial charge in [-0.05, 0) is 38.3 Å². The SMILES string of the molecule is Cc1ccc(C(=O)CCC2CC2)c(C)n1. The van der Waals surface area contributed by atoms with E-state index in [1.807, 2.05) is 26.0 Å². The molecule has 1 aliphatic carbocycles. The van der Waals surface area contributed by atoms with Crippen LogP contribution in [0.5, 0.6) is 0 Å². The van der Waals surface area contributed by atoms with Gasteiger partial charge >= 0.3 is 0 Å². The summed E-state index contributed by atoms with van der Waals surface area (Å²) in [6.07, 6.45) is 4.39. The molecule has 0 unspecified atom stereocenters. The first-order valence-corrected chi connectivity index (χ1v) is 5.64. The first-order chi connectivity index (χ1) is 7.16. The van der Waals surface area contributed by atoms with E-state index < -0.39 is 0 Å². The molecule has 0 amide bonds. The average molecular weight is 203 g/mol. The van der Waals surface area contributed by atoms with E-state index in [2.05, 4.69) is 4.98 Å². The van der Waals surface area contributed by atoms with Crippen LogP contribution < -0.4 is 0 Å². The van der Waals surface area contributed by atoms with Crippen molar-refractivity contribution < 1.29 is 4.79 Å². The second-order valence-corrected chi connectivity index (χ2v) is 4.49. The van der Waals surface area contributed by atoms with Crippen LogP contribution in [0, 0.1) is 19.8 Å². The molecule has 2 rings (SSSR count). The molecule has 1 fully saturated rings. The Balaban J connectivity index is 2.03. The molecule has 0 bridgehead atoms. The fourth-order valence-electron chi connectivity index (χ4n) is 1.86. The summed E-state index contributed by atoms with van der Waals surface area (Å²) in [7, 11) is 0. The van der Waals surface area contributed by atoms with Crippen molar-refractivity contribution in [1.82, 2.24) is 4.98 Å². The van der Waals surface area contributed by atoms with Gasteiger partial charge in [-0.25, -0.2) is 0 Å². The summed E-state index contributed by atoms with van der Waals surface area (Å²) in [5, 5.41) is 0. The predicted octanol–water partition coefficient (Wildman–Crippen LogP) is 3.07. The van der Waals surface area contributed by atoms with Gasteiger partial charge in [0.2, 0.25) is 0 Å². The van der Waals surface area contributed by atoms with Gasteiger partial charge in [-0.1, -0.05) is 12.8 Å². The maximum atomic E-state index is 11.9. The van der Waals surface area contributed by atoms with Crippen LogP contribution >= 0.6 is 0 Å². The van der Waals surface area contributed by atoms with E-state index in [1.165, 1.54) is 12.8 Å². The highest BCUT2D eigenvalue weighted by atomic mass is 16.1. The fraction of sp³-hybridized carbons (Fsp3) is 0.538. The number of hydrogen-bond donors (Lipinski definition) is 0. The van der Waals surface area contributed by atoms with E-state index in [1.54, 1.807) is 0 Å². The Morgan fingerprint density at radius 2 is 2.13 bits per heavy atom. The van der Waals surface area contributed by atoms with Gasteiger partial charge in [-0.3, -0.25) is 9.78 Å². The van der Waals surface area contributed by atoms with Crippen LogP contribution in [0.2, 0.25) is 0 Å². The van der Waals surface area contributed by atoms with Gasteiger partial charge < -0.3 is 0 Å². The van der Waals surface area contributed by atoms with Gasteiger partial charge in [-0.2, -0.15) is 0 Å². The van der Waals surface area contributed by atoms with Crippen molar-refractivity contribution in [2.45, 2.75) is 39.5 Å². The minimum absolute atomic E-state index is 0.256. The number of aryl methyl sites for hydroxylation is 2. The molecule has 1 saturated carbocycles. The summed E-state index contributed by atoms with van der Waals surface area (Å²) in [6.45, 7) is 3.86. The molecular weight excluding hydrogens is 186 g/mol. The molecule has 15 heavy (non-hydrogen) atoms. The monoisotopic (exact) mass is 203 g/mol. The summed E-state index contributed by atoms with van der Waals surface area (Å²) in [6, 6.07) is 3.82. The molecule has 0 N–H and O–H groups in total. The van der Waals surface area contributed by atoms with Crippen molar-refractivity contribution in [2.24, 2.45) is 5.92 Å². The van der Waals surface area contributed by atoms with Gasteiger partial charge in [0.05, 0.1) is 0 Å². The lowest BCUT2D eigenvalue weighted by Crippen LogP contribution is -2.04. The van der Waals surface area contributed by atoms with Crippen molar-refractivity contribution in [3.8, 4) is 0 Å². The zero-order valence-corrected chi connectivity index (χ0v) is 9.42. The molecule has 0 saturated heterocycles. The van der Waals surface area contributed by atoms with Crippen LogP contribution in [0.15, 0.2) is 12.1 Å². The highest BCUT2D eigenvalue weighted by Crippen LogP contribution is 2.33. The zero-order valence-electron chi connectivity index (χ0n) is 9.42. The number of aromatic nitrogens is 1. The molecule has 2 heteroatoms. The van der Waals surface area contributed by atoms with Crippen molar-refractivity contribution in [1.29, 1.82) is 0 Å². The molecule has 0 radical (unpaired) electrons. The Hall–Kier alpha value is -1.18. The number of rotatable bonds is 4. The molecule has 0 atom stereocenters. The topological polar surface area (TPSA) is 30.0 Å². The number of Topliss-reactive ketones (excluding diaryl/α,β-unsaturated/α-hetero) is 1. The van der Waals surface area contributed by atoms with Crippen molar-refractivity contribution in [3.05, 3.63) is 29.1 Å². The fourth-order valence-corrected chi connectivity index (χ4v) is 1.86. The highest BCUT2D eigenvalue weighted by Gasteiger charge is 2.22. The Bertz CT molecular complexity index is 380. The molecule has 80 valence electrons. The molecule has 0 aromatic carbocycles. The number of nitrogens with zero attached hydrogens (tertiary/aromatic N) is 1. The van der Waals surface area contributed by atoms with Crippen LogP contribution in [0.25, 0.3) is 0 Å². The predicted molar refractivity (Wildman–Crippen MR) is 60.0 cm³/mol. The number of ketones is 1. The van der Waals surface area contributed by atoms with Gasteiger partial charge in [0.1, 0.15) is 0 Å². The second kappa shape index (κ2) is 4.13. The Labute approximate surface area is 90.7 Å². The summed E-state index contributed by atoms with van der Waals surface area (Å²) < 4.78 is 0. The number of hydrogen-bond acceptors (Lipinski definition) is 2. The molecule has 1 heterocycles. The lowest BCUT2D eigenvalue weighted by atomic mass is 10.0. The lowest BCUT2D eigenvalue weighted by molar-refractivity contribution is 0.0977. The second-order valence-electron chi connectivity index (χ2n) is 4.49. The van der Waals surface area contributed by atoms with Crippen molar-refractivity contribution in [3.63, 3.8) is 0 Å². The summed E-state index contributed by atoms with van der Waals surface area (Å²) >= 11 is 0. The molecular formula is C13H17NO. The lowest BCUT2D eigenvalue weighted by Gasteiger charge is -2.04. The van der Waals surface area contributed by atoms with E-state index in [-0.39, 0.29) is 5.78 Å². The van der Waals surface area contributed by atoms with E-state index in [4.69, 9.17) is 0 Å². The van der Waals surface area contributed by atoms with Gasteiger partial charge in [0, 0.05) is 23.4 Å². The first kappa shape index (κ1) is 10.3. The summed E-state index contributed by atoms with van der Waals surface area (Å²) in [5.74, 6) is 1.08. The zero-order chi connectivity index (χ0) is 10.8. The minimum Gasteiger partial charge on any atom is -0.294 e. The first-order valence-electron chi connectivity index (χ1n) is 5.64. The van der Waals surface area contributed by atoms with Crippen LogP contribution in [-0.4, -0.2) is 10.8 Å².